The number of ketones is 1. The summed E-state index contributed by atoms with van der Waals surface area (Å²) in [6, 6.07) is 28.7. The largest absolute Gasteiger partial charge is 0.390 e. The van der Waals surface area contributed by atoms with Gasteiger partial charge in [-0.15, -0.1) is 0 Å². The average Bonchev–Trinajstić information content (AvgIpc) is 2.91. The molecule has 1 aliphatic carbocycles. The van der Waals surface area contributed by atoms with Crippen molar-refractivity contribution in [1.82, 2.24) is 0 Å². The second-order valence-corrected chi connectivity index (χ2v) is 8.80. The number of aliphatic hydroxyl groups excluding tert-OH is 2. The van der Waals surface area contributed by atoms with Gasteiger partial charge in [-0.25, -0.2) is 0 Å². The number of carbonyl (C=O) groups is 1. The zero-order valence-electron chi connectivity index (χ0n) is 19.6. The van der Waals surface area contributed by atoms with E-state index in [0.29, 0.717) is 0 Å². The molecule has 3 aromatic carbocycles. The van der Waals surface area contributed by atoms with Crippen molar-refractivity contribution >= 4 is 5.78 Å². The fourth-order valence-electron chi connectivity index (χ4n) is 4.23. The SMILES string of the molecule is O=C1CC[C@@H](O)[C@@H](O)[C@H](OCc2ccccc2)[C@@H](OCc2ccccc2)[C@@H]1OCc1ccccc1. The number of rotatable bonds is 9. The van der Waals surface area contributed by atoms with Gasteiger partial charge in [0, 0.05) is 6.42 Å². The highest BCUT2D eigenvalue weighted by Crippen LogP contribution is 2.27. The van der Waals surface area contributed by atoms with E-state index in [-0.39, 0.29) is 38.4 Å². The normalized spacial score (nSPS) is 25.1. The predicted octanol–water partition coefficient (Wildman–Crippen LogP) is 3.83. The lowest BCUT2D eigenvalue weighted by molar-refractivity contribution is -0.201. The summed E-state index contributed by atoms with van der Waals surface area (Å²) in [6.07, 6.45) is -5.00. The fraction of sp³-hybridized carbons (Fsp3) is 0.345. The molecular weight excluding hydrogens is 444 g/mol. The number of Topliss-reactive ketones (excluding diaryl/α,β-unsaturated/α-hetero) is 1. The summed E-state index contributed by atoms with van der Waals surface area (Å²) in [7, 11) is 0. The molecule has 0 radical (unpaired) electrons. The molecule has 4 rings (SSSR count). The number of ether oxygens (including phenoxy) is 3. The minimum absolute atomic E-state index is 0.0777. The summed E-state index contributed by atoms with van der Waals surface area (Å²) in [5.74, 6) is -0.182. The molecule has 1 aliphatic rings. The maximum Gasteiger partial charge on any atom is 0.164 e. The van der Waals surface area contributed by atoms with Crippen LogP contribution in [0.4, 0.5) is 0 Å². The van der Waals surface area contributed by atoms with Crippen LogP contribution in [0.3, 0.4) is 0 Å². The van der Waals surface area contributed by atoms with Gasteiger partial charge in [-0.3, -0.25) is 4.79 Å². The monoisotopic (exact) mass is 476 g/mol. The Morgan fingerprint density at radius 2 is 1.06 bits per heavy atom. The highest BCUT2D eigenvalue weighted by atomic mass is 16.6. The van der Waals surface area contributed by atoms with Crippen LogP contribution in [0.5, 0.6) is 0 Å². The van der Waals surface area contributed by atoms with Gasteiger partial charge in [0.15, 0.2) is 5.78 Å². The highest BCUT2D eigenvalue weighted by Gasteiger charge is 2.44. The van der Waals surface area contributed by atoms with Crippen molar-refractivity contribution in [3.63, 3.8) is 0 Å². The minimum Gasteiger partial charge on any atom is -0.390 e. The molecule has 0 aliphatic heterocycles. The Bertz CT molecular complexity index is 1030. The second kappa shape index (κ2) is 12.7. The van der Waals surface area contributed by atoms with E-state index >= 15 is 0 Å². The van der Waals surface area contributed by atoms with Crippen molar-refractivity contribution in [3.05, 3.63) is 108 Å². The molecule has 184 valence electrons. The van der Waals surface area contributed by atoms with Crippen LogP contribution < -0.4 is 0 Å². The smallest absolute Gasteiger partial charge is 0.164 e. The van der Waals surface area contributed by atoms with Crippen molar-refractivity contribution in [2.75, 3.05) is 0 Å². The average molecular weight is 477 g/mol. The Morgan fingerprint density at radius 1 is 0.629 bits per heavy atom. The molecule has 0 aromatic heterocycles. The first-order chi connectivity index (χ1) is 17.1. The Kier molecular flexibility index (Phi) is 9.17. The number of benzene rings is 3. The van der Waals surface area contributed by atoms with Crippen molar-refractivity contribution in [2.45, 2.75) is 63.2 Å². The fourth-order valence-corrected chi connectivity index (χ4v) is 4.23. The summed E-state index contributed by atoms with van der Waals surface area (Å²) < 4.78 is 18.5. The van der Waals surface area contributed by atoms with Crippen molar-refractivity contribution in [2.24, 2.45) is 0 Å². The highest BCUT2D eigenvalue weighted by molar-refractivity contribution is 5.84. The lowest BCUT2D eigenvalue weighted by Gasteiger charge is -2.38. The first-order valence-electron chi connectivity index (χ1n) is 12.0. The third-order valence-corrected chi connectivity index (χ3v) is 6.20. The van der Waals surface area contributed by atoms with E-state index in [0.717, 1.165) is 16.7 Å². The summed E-state index contributed by atoms with van der Waals surface area (Å²) in [5, 5.41) is 21.6. The lowest BCUT2D eigenvalue weighted by atomic mass is 9.88. The van der Waals surface area contributed by atoms with Gasteiger partial charge in [0.2, 0.25) is 0 Å². The number of hydrogen-bond donors (Lipinski definition) is 2. The van der Waals surface area contributed by atoms with Crippen molar-refractivity contribution in [3.8, 4) is 0 Å². The predicted molar refractivity (Wildman–Crippen MR) is 131 cm³/mol. The molecule has 6 nitrogen and oxygen atoms in total. The molecular formula is C29H32O6. The Hall–Kier alpha value is -2.87. The van der Waals surface area contributed by atoms with Gasteiger partial charge >= 0.3 is 0 Å². The Labute approximate surface area is 206 Å². The van der Waals surface area contributed by atoms with Gasteiger partial charge in [0.25, 0.3) is 0 Å². The van der Waals surface area contributed by atoms with E-state index in [1.54, 1.807) is 0 Å². The minimum atomic E-state index is -1.24. The molecule has 6 heteroatoms. The van der Waals surface area contributed by atoms with Crippen LogP contribution in [0, 0.1) is 0 Å². The van der Waals surface area contributed by atoms with Crippen molar-refractivity contribution in [1.29, 1.82) is 0 Å². The molecule has 0 amide bonds. The zero-order chi connectivity index (χ0) is 24.5. The first kappa shape index (κ1) is 25.2. The number of aliphatic hydroxyl groups is 2. The van der Waals surface area contributed by atoms with E-state index in [1.807, 2.05) is 91.0 Å². The first-order valence-corrected chi connectivity index (χ1v) is 12.0. The van der Waals surface area contributed by atoms with E-state index in [4.69, 9.17) is 14.2 Å². The number of carbonyl (C=O) groups excluding carboxylic acids is 1. The topological polar surface area (TPSA) is 85.2 Å². The van der Waals surface area contributed by atoms with E-state index < -0.39 is 30.5 Å². The molecule has 35 heavy (non-hydrogen) atoms. The van der Waals surface area contributed by atoms with Gasteiger partial charge in [-0.1, -0.05) is 91.0 Å². The Morgan fingerprint density at radius 3 is 1.54 bits per heavy atom. The van der Waals surface area contributed by atoms with Crippen LogP contribution in [0.1, 0.15) is 29.5 Å². The van der Waals surface area contributed by atoms with Crippen LogP contribution >= 0.6 is 0 Å². The van der Waals surface area contributed by atoms with Crippen LogP contribution in [0.15, 0.2) is 91.0 Å². The third-order valence-electron chi connectivity index (χ3n) is 6.20. The number of hydrogen-bond acceptors (Lipinski definition) is 6. The van der Waals surface area contributed by atoms with E-state index in [9.17, 15) is 15.0 Å². The molecule has 3 aromatic rings. The van der Waals surface area contributed by atoms with Gasteiger partial charge < -0.3 is 24.4 Å². The lowest BCUT2D eigenvalue weighted by Crippen LogP contribution is -2.56. The maximum atomic E-state index is 13.2. The van der Waals surface area contributed by atoms with Gasteiger partial charge in [-0.2, -0.15) is 0 Å². The molecule has 0 heterocycles. The van der Waals surface area contributed by atoms with Crippen LogP contribution in [-0.2, 0) is 38.8 Å². The molecule has 1 saturated carbocycles. The van der Waals surface area contributed by atoms with E-state index in [2.05, 4.69) is 0 Å². The van der Waals surface area contributed by atoms with Gasteiger partial charge in [0.1, 0.15) is 24.4 Å². The molecule has 2 N–H and O–H groups in total. The summed E-state index contributed by atoms with van der Waals surface area (Å²) in [6.45, 7) is 0.616. The quantitative estimate of drug-likeness (QED) is 0.488. The molecule has 0 bridgehead atoms. The second-order valence-electron chi connectivity index (χ2n) is 8.80. The Balaban J connectivity index is 1.60. The molecule has 0 unspecified atom stereocenters. The van der Waals surface area contributed by atoms with Crippen molar-refractivity contribution < 1.29 is 29.2 Å². The summed E-state index contributed by atoms with van der Waals surface area (Å²) in [5.41, 5.74) is 2.75. The van der Waals surface area contributed by atoms with Crippen LogP contribution in [-0.4, -0.2) is 46.5 Å². The molecule has 0 spiro atoms. The molecule has 1 fully saturated rings. The maximum absolute atomic E-state index is 13.2. The molecule has 5 atom stereocenters. The zero-order valence-corrected chi connectivity index (χ0v) is 19.6. The van der Waals surface area contributed by atoms with E-state index in [1.165, 1.54) is 0 Å². The van der Waals surface area contributed by atoms with Gasteiger partial charge in [-0.05, 0) is 23.1 Å². The molecule has 0 saturated heterocycles. The van der Waals surface area contributed by atoms with Gasteiger partial charge in [0.05, 0.1) is 25.9 Å². The summed E-state index contributed by atoms with van der Waals surface area (Å²) >= 11 is 0. The summed E-state index contributed by atoms with van der Waals surface area (Å²) in [4.78, 5) is 13.2. The third kappa shape index (κ3) is 7.07. The van der Waals surface area contributed by atoms with Crippen LogP contribution in [0.25, 0.3) is 0 Å². The standard InChI is InChI=1S/C29H32O6/c30-24-16-17-25(31)27(33-18-21-10-4-1-5-11-21)29(35-20-23-14-8-3-9-15-23)28(26(24)32)34-19-22-12-6-2-7-13-22/h1-15,24,26-30,32H,16-20H2/t24-,26-,27-,28+,29+/m1/s1. The van der Waals surface area contributed by atoms with Crippen LogP contribution in [0.2, 0.25) is 0 Å².